The van der Waals surface area contributed by atoms with Crippen LogP contribution in [0.1, 0.15) is 10.5 Å². The van der Waals surface area contributed by atoms with Crippen LogP contribution in [0, 0.1) is 0 Å². The third kappa shape index (κ3) is 1.71. The van der Waals surface area contributed by atoms with E-state index in [1.54, 1.807) is 6.20 Å². The van der Waals surface area contributed by atoms with Gasteiger partial charge in [0.1, 0.15) is 0 Å². The Morgan fingerprint density at radius 2 is 2.11 bits per heavy atom. The minimum Gasteiger partial charge on any atom is -0.476 e. The number of hydrogen-bond donors (Lipinski definition) is 1. The second kappa shape index (κ2) is 3.96. The molecule has 88 valence electrons. The van der Waals surface area contributed by atoms with Crippen molar-refractivity contribution in [2.45, 2.75) is 0 Å². The van der Waals surface area contributed by atoms with Gasteiger partial charge in [-0.25, -0.2) is 4.79 Å². The normalized spacial score (nSPS) is 10.7. The Morgan fingerprint density at radius 1 is 1.22 bits per heavy atom. The van der Waals surface area contributed by atoms with Crippen LogP contribution in [0.4, 0.5) is 0 Å². The van der Waals surface area contributed by atoms with E-state index in [9.17, 15) is 4.79 Å². The van der Waals surface area contributed by atoms with Gasteiger partial charge in [0.2, 0.25) is 0 Å². The van der Waals surface area contributed by atoms with Crippen LogP contribution in [0.2, 0.25) is 0 Å². The Labute approximate surface area is 102 Å². The second-order valence-corrected chi connectivity index (χ2v) is 3.79. The van der Waals surface area contributed by atoms with Crippen molar-refractivity contribution < 1.29 is 14.4 Å². The molecule has 18 heavy (non-hydrogen) atoms. The summed E-state index contributed by atoms with van der Waals surface area (Å²) in [5.41, 5.74) is 1.55. The van der Waals surface area contributed by atoms with E-state index < -0.39 is 5.97 Å². The fraction of sp³-hybridized carbons (Fsp3) is 0. The summed E-state index contributed by atoms with van der Waals surface area (Å²) < 4.78 is 5.01. The first-order chi connectivity index (χ1) is 8.74. The van der Waals surface area contributed by atoms with Crippen LogP contribution in [0.3, 0.4) is 0 Å². The van der Waals surface area contributed by atoms with Gasteiger partial charge in [0.05, 0.1) is 5.52 Å². The van der Waals surface area contributed by atoms with Gasteiger partial charge in [-0.3, -0.25) is 4.98 Å². The summed E-state index contributed by atoms with van der Waals surface area (Å²) in [5, 5.41) is 13.2. The maximum Gasteiger partial charge on any atom is 0.358 e. The molecule has 0 bridgehead atoms. The minimum absolute atomic E-state index is 0.101. The first kappa shape index (κ1) is 10.5. The summed E-state index contributed by atoms with van der Waals surface area (Å²) in [6, 6.07) is 10.7. The molecule has 0 amide bonds. The molecule has 0 spiro atoms. The lowest BCUT2D eigenvalue weighted by molar-refractivity contribution is 0.0686. The standard InChI is InChI=1S/C13H8N2O3/c16-13(17)11-7-12(18-15-11)9-3-4-10-8(6-9)2-1-5-14-10/h1-7H,(H,16,17). The molecule has 1 N–H and O–H groups in total. The Morgan fingerprint density at radius 3 is 2.89 bits per heavy atom. The summed E-state index contributed by atoms with van der Waals surface area (Å²) >= 11 is 0. The maximum absolute atomic E-state index is 10.7. The van der Waals surface area contributed by atoms with Crippen molar-refractivity contribution in [1.29, 1.82) is 0 Å². The first-order valence-electron chi connectivity index (χ1n) is 5.29. The first-order valence-corrected chi connectivity index (χ1v) is 5.29. The third-order valence-electron chi connectivity index (χ3n) is 2.62. The van der Waals surface area contributed by atoms with E-state index in [-0.39, 0.29) is 5.69 Å². The van der Waals surface area contributed by atoms with E-state index in [0.29, 0.717) is 5.76 Å². The topological polar surface area (TPSA) is 76.2 Å². The average molecular weight is 240 g/mol. The van der Waals surface area contributed by atoms with Gasteiger partial charge in [0.25, 0.3) is 0 Å². The van der Waals surface area contributed by atoms with Gasteiger partial charge in [0.15, 0.2) is 11.5 Å². The molecule has 1 aromatic carbocycles. The Kier molecular flexibility index (Phi) is 2.30. The van der Waals surface area contributed by atoms with Crippen LogP contribution in [0.5, 0.6) is 0 Å². The zero-order valence-corrected chi connectivity index (χ0v) is 9.20. The van der Waals surface area contributed by atoms with Crippen molar-refractivity contribution in [3.05, 3.63) is 48.3 Å². The highest BCUT2D eigenvalue weighted by atomic mass is 16.5. The number of carboxylic acid groups (broad SMARTS) is 1. The molecular weight excluding hydrogens is 232 g/mol. The Bertz CT molecular complexity index is 734. The third-order valence-corrected chi connectivity index (χ3v) is 2.62. The van der Waals surface area contributed by atoms with Gasteiger partial charge in [-0.1, -0.05) is 11.2 Å². The number of aromatic carboxylic acids is 1. The summed E-state index contributed by atoms with van der Waals surface area (Å²) in [7, 11) is 0. The highest BCUT2D eigenvalue weighted by Crippen LogP contribution is 2.24. The molecule has 3 rings (SSSR count). The molecule has 0 aliphatic heterocycles. The van der Waals surface area contributed by atoms with Crippen molar-refractivity contribution in [3.8, 4) is 11.3 Å². The summed E-state index contributed by atoms with van der Waals surface area (Å²) in [6.45, 7) is 0. The Balaban J connectivity index is 2.10. The second-order valence-electron chi connectivity index (χ2n) is 3.79. The van der Waals surface area contributed by atoms with Gasteiger partial charge in [-0.05, 0) is 24.3 Å². The highest BCUT2D eigenvalue weighted by Gasteiger charge is 2.12. The molecule has 2 heterocycles. The molecule has 0 fully saturated rings. The molecule has 5 nitrogen and oxygen atoms in total. The predicted octanol–water partition coefficient (Wildman–Crippen LogP) is 2.59. The zero-order chi connectivity index (χ0) is 12.5. The van der Waals surface area contributed by atoms with Crippen molar-refractivity contribution in [2.75, 3.05) is 0 Å². The lowest BCUT2D eigenvalue weighted by atomic mass is 10.1. The predicted molar refractivity (Wildman–Crippen MR) is 64.2 cm³/mol. The fourth-order valence-electron chi connectivity index (χ4n) is 1.74. The molecule has 0 aliphatic rings. The number of hydrogen-bond acceptors (Lipinski definition) is 4. The van der Waals surface area contributed by atoms with Crippen LogP contribution in [0.25, 0.3) is 22.2 Å². The van der Waals surface area contributed by atoms with Gasteiger partial charge in [0, 0.05) is 23.2 Å². The van der Waals surface area contributed by atoms with Gasteiger partial charge in [-0.2, -0.15) is 0 Å². The van der Waals surface area contributed by atoms with Gasteiger partial charge >= 0.3 is 5.97 Å². The molecule has 2 aromatic heterocycles. The molecule has 0 unspecified atom stereocenters. The van der Waals surface area contributed by atoms with E-state index in [2.05, 4.69) is 10.1 Å². The molecule has 0 saturated carbocycles. The Hall–Kier alpha value is -2.69. The maximum atomic E-state index is 10.7. The SMILES string of the molecule is O=C(O)c1cc(-c2ccc3ncccc3c2)on1. The number of rotatable bonds is 2. The summed E-state index contributed by atoms with van der Waals surface area (Å²) in [5.74, 6) is -0.675. The smallest absolute Gasteiger partial charge is 0.358 e. The van der Waals surface area contributed by atoms with E-state index >= 15 is 0 Å². The van der Waals surface area contributed by atoms with Crippen LogP contribution in [0.15, 0.2) is 47.1 Å². The number of carboxylic acids is 1. The molecule has 0 atom stereocenters. The van der Waals surface area contributed by atoms with E-state index in [1.165, 1.54) is 6.07 Å². The molecule has 0 saturated heterocycles. The van der Waals surface area contributed by atoms with Crippen LogP contribution in [-0.2, 0) is 0 Å². The average Bonchev–Trinajstić information content (AvgIpc) is 2.88. The molecular formula is C13H8N2O3. The number of fused-ring (bicyclic) bond motifs is 1. The van der Waals surface area contributed by atoms with Gasteiger partial charge in [-0.15, -0.1) is 0 Å². The molecule has 0 aliphatic carbocycles. The minimum atomic E-state index is -1.10. The highest BCUT2D eigenvalue weighted by molar-refractivity contribution is 5.88. The number of benzene rings is 1. The monoisotopic (exact) mass is 240 g/mol. The van der Waals surface area contributed by atoms with Crippen molar-refractivity contribution in [2.24, 2.45) is 0 Å². The lowest BCUT2D eigenvalue weighted by Crippen LogP contribution is -1.94. The van der Waals surface area contributed by atoms with Crippen LogP contribution < -0.4 is 0 Å². The number of carbonyl (C=O) groups is 1. The number of pyridine rings is 1. The fourth-order valence-corrected chi connectivity index (χ4v) is 1.74. The van der Waals surface area contributed by atoms with E-state index in [0.717, 1.165) is 16.5 Å². The van der Waals surface area contributed by atoms with Crippen molar-refractivity contribution in [1.82, 2.24) is 10.1 Å². The van der Waals surface area contributed by atoms with E-state index in [1.807, 2.05) is 30.3 Å². The van der Waals surface area contributed by atoms with Crippen LogP contribution in [-0.4, -0.2) is 21.2 Å². The molecule has 0 radical (unpaired) electrons. The molecule has 5 heteroatoms. The zero-order valence-electron chi connectivity index (χ0n) is 9.20. The largest absolute Gasteiger partial charge is 0.476 e. The van der Waals surface area contributed by atoms with Crippen molar-refractivity contribution >= 4 is 16.9 Å². The molecule has 3 aromatic rings. The van der Waals surface area contributed by atoms with Crippen LogP contribution >= 0.6 is 0 Å². The van der Waals surface area contributed by atoms with Gasteiger partial charge < -0.3 is 9.63 Å². The lowest BCUT2D eigenvalue weighted by Gasteiger charge is -1.98. The quantitative estimate of drug-likeness (QED) is 0.745. The number of aromatic nitrogens is 2. The number of nitrogens with zero attached hydrogens (tertiary/aromatic N) is 2. The summed E-state index contributed by atoms with van der Waals surface area (Å²) in [4.78, 5) is 14.9. The van der Waals surface area contributed by atoms with E-state index in [4.69, 9.17) is 9.63 Å². The van der Waals surface area contributed by atoms with Crippen molar-refractivity contribution in [3.63, 3.8) is 0 Å². The summed E-state index contributed by atoms with van der Waals surface area (Å²) in [6.07, 6.45) is 1.72.